The average Bonchev–Trinajstić information content (AvgIpc) is 3.04. The highest BCUT2D eigenvalue weighted by Crippen LogP contribution is 2.28. The van der Waals surface area contributed by atoms with E-state index in [1.54, 1.807) is 0 Å². The molecule has 4 rings (SSSR count). The molecule has 106 valence electrons. The first-order chi connectivity index (χ1) is 10.4. The summed E-state index contributed by atoms with van der Waals surface area (Å²) in [5.74, 6) is 0. The predicted molar refractivity (Wildman–Crippen MR) is 82.4 cm³/mol. The standard InChI is InChI=1S/C16H16N4O/c1-2-12(10-13(3-1)20-6-8-21-9-7-20)16-14-11-18-19-15(14)4-5-17-16/h1-5,10-11H,6-9H2,(H,18,19). The Balaban J connectivity index is 1.76. The molecule has 0 atom stereocenters. The van der Waals surface area contributed by atoms with Crippen molar-refractivity contribution in [1.29, 1.82) is 0 Å². The summed E-state index contributed by atoms with van der Waals surface area (Å²) in [7, 11) is 0. The highest BCUT2D eigenvalue weighted by molar-refractivity contribution is 5.92. The van der Waals surface area contributed by atoms with Gasteiger partial charge < -0.3 is 9.64 Å². The zero-order valence-corrected chi connectivity index (χ0v) is 11.6. The van der Waals surface area contributed by atoms with Crippen LogP contribution in [0.2, 0.25) is 0 Å². The fraction of sp³-hybridized carbons (Fsp3) is 0.250. The second kappa shape index (κ2) is 5.18. The third-order valence-electron chi connectivity index (χ3n) is 3.86. The Labute approximate surface area is 122 Å². The number of rotatable bonds is 2. The summed E-state index contributed by atoms with van der Waals surface area (Å²) >= 11 is 0. The molecule has 1 fully saturated rings. The summed E-state index contributed by atoms with van der Waals surface area (Å²) < 4.78 is 5.42. The van der Waals surface area contributed by atoms with Gasteiger partial charge in [0.15, 0.2) is 0 Å². The van der Waals surface area contributed by atoms with Crippen molar-refractivity contribution in [2.45, 2.75) is 0 Å². The number of benzene rings is 1. The van der Waals surface area contributed by atoms with Gasteiger partial charge in [-0.05, 0) is 18.2 Å². The van der Waals surface area contributed by atoms with Gasteiger partial charge in [-0.1, -0.05) is 12.1 Å². The normalized spacial score (nSPS) is 15.5. The van der Waals surface area contributed by atoms with Crippen molar-refractivity contribution in [1.82, 2.24) is 15.2 Å². The third-order valence-corrected chi connectivity index (χ3v) is 3.86. The number of fused-ring (bicyclic) bond motifs is 1. The zero-order chi connectivity index (χ0) is 14.1. The van der Waals surface area contributed by atoms with Crippen LogP contribution in [0.5, 0.6) is 0 Å². The Bertz CT molecular complexity index is 762. The number of anilines is 1. The number of aromatic amines is 1. The maximum absolute atomic E-state index is 5.42. The first-order valence-corrected chi connectivity index (χ1v) is 7.13. The molecule has 5 nitrogen and oxygen atoms in total. The summed E-state index contributed by atoms with van der Waals surface area (Å²) in [6, 6.07) is 10.5. The number of hydrogen-bond acceptors (Lipinski definition) is 4. The van der Waals surface area contributed by atoms with E-state index in [2.05, 4.69) is 44.3 Å². The van der Waals surface area contributed by atoms with Crippen LogP contribution in [-0.4, -0.2) is 41.5 Å². The van der Waals surface area contributed by atoms with E-state index < -0.39 is 0 Å². The van der Waals surface area contributed by atoms with E-state index in [0.29, 0.717) is 0 Å². The van der Waals surface area contributed by atoms with Crippen LogP contribution in [0.15, 0.2) is 42.7 Å². The van der Waals surface area contributed by atoms with E-state index in [1.807, 2.05) is 18.5 Å². The monoisotopic (exact) mass is 280 g/mol. The highest BCUT2D eigenvalue weighted by Gasteiger charge is 2.13. The number of hydrogen-bond donors (Lipinski definition) is 1. The molecule has 0 saturated carbocycles. The topological polar surface area (TPSA) is 54.0 Å². The number of morpholine rings is 1. The van der Waals surface area contributed by atoms with Gasteiger partial charge in [0.1, 0.15) is 0 Å². The van der Waals surface area contributed by atoms with Crippen LogP contribution >= 0.6 is 0 Å². The maximum atomic E-state index is 5.42. The number of nitrogens with one attached hydrogen (secondary N) is 1. The van der Waals surface area contributed by atoms with E-state index >= 15 is 0 Å². The molecule has 2 aromatic heterocycles. The maximum Gasteiger partial charge on any atom is 0.0812 e. The van der Waals surface area contributed by atoms with E-state index in [1.165, 1.54) is 5.69 Å². The molecular weight excluding hydrogens is 264 g/mol. The van der Waals surface area contributed by atoms with Gasteiger partial charge in [-0.15, -0.1) is 0 Å². The van der Waals surface area contributed by atoms with Crippen molar-refractivity contribution >= 4 is 16.6 Å². The first kappa shape index (κ1) is 12.3. The smallest absolute Gasteiger partial charge is 0.0812 e. The lowest BCUT2D eigenvalue weighted by Crippen LogP contribution is -2.36. The summed E-state index contributed by atoms with van der Waals surface area (Å²) in [4.78, 5) is 6.88. The van der Waals surface area contributed by atoms with Crippen molar-refractivity contribution in [2.75, 3.05) is 31.2 Å². The van der Waals surface area contributed by atoms with Gasteiger partial charge in [-0.3, -0.25) is 10.1 Å². The minimum absolute atomic E-state index is 0.791. The molecule has 21 heavy (non-hydrogen) atoms. The van der Waals surface area contributed by atoms with Crippen LogP contribution in [0.1, 0.15) is 0 Å². The molecular formula is C16H16N4O. The highest BCUT2D eigenvalue weighted by atomic mass is 16.5. The fourth-order valence-electron chi connectivity index (χ4n) is 2.77. The van der Waals surface area contributed by atoms with Crippen LogP contribution in [0.25, 0.3) is 22.2 Å². The van der Waals surface area contributed by atoms with Crippen LogP contribution in [0.3, 0.4) is 0 Å². The fourth-order valence-corrected chi connectivity index (χ4v) is 2.77. The second-order valence-corrected chi connectivity index (χ2v) is 5.14. The molecule has 0 bridgehead atoms. The van der Waals surface area contributed by atoms with E-state index in [0.717, 1.165) is 48.5 Å². The van der Waals surface area contributed by atoms with Gasteiger partial charge >= 0.3 is 0 Å². The van der Waals surface area contributed by atoms with Crippen molar-refractivity contribution < 1.29 is 4.74 Å². The van der Waals surface area contributed by atoms with Crippen LogP contribution in [-0.2, 0) is 4.74 Å². The second-order valence-electron chi connectivity index (χ2n) is 5.14. The molecule has 0 unspecified atom stereocenters. The van der Waals surface area contributed by atoms with Crippen molar-refractivity contribution in [3.05, 3.63) is 42.7 Å². The lowest BCUT2D eigenvalue weighted by Gasteiger charge is -2.29. The average molecular weight is 280 g/mol. The Morgan fingerprint density at radius 2 is 2.05 bits per heavy atom. The van der Waals surface area contributed by atoms with Crippen LogP contribution in [0.4, 0.5) is 5.69 Å². The molecule has 1 saturated heterocycles. The number of H-pyrrole nitrogens is 1. The summed E-state index contributed by atoms with van der Waals surface area (Å²) in [6.07, 6.45) is 3.65. The first-order valence-electron chi connectivity index (χ1n) is 7.13. The minimum atomic E-state index is 0.791. The van der Waals surface area contributed by atoms with E-state index in [9.17, 15) is 0 Å². The van der Waals surface area contributed by atoms with Gasteiger partial charge in [0, 0.05) is 35.9 Å². The van der Waals surface area contributed by atoms with Crippen LogP contribution < -0.4 is 4.90 Å². The third kappa shape index (κ3) is 2.25. The Kier molecular flexibility index (Phi) is 3.05. The van der Waals surface area contributed by atoms with Crippen molar-refractivity contribution in [3.8, 4) is 11.3 Å². The SMILES string of the molecule is c1cc(-c2nccc3[nH]ncc23)cc(N2CCOCC2)c1. The lowest BCUT2D eigenvalue weighted by molar-refractivity contribution is 0.122. The van der Waals surface area contributed by atoms with E-state index in [-0.39, 0.29) is 0 Å². The Hall–Kier alpha value is -2.40. The molecule has 1 aliphatic heterocycles. The minimum Gasteiger partial charge on any atom is -0.378 e. The number of pyridine rings is 1. The van der Waals surface area contributed by atoms with Gasteiger partial charge in [0.25, 0.3) is 0 Å². The van der Waals surface area contributed by atoms with Crippen molar-refractivity contribution in [2.24, 2.45) is 0 Å². The van der Waals surface area contributed by atoms with Gasteiger partial charge in [0.05, 0.1) is 30.6 Å². The number of aromatic nitrogens is 3. The van der Waals surface area contributed by atoms with Crippen molar-refractivity contribution in [3.63, 3.8) is 0 Å². The molecule has 0 aliphatic carbocycles. The molecule has 1 aliphatic rings. The Morgan fingerprint density at radius 1 is 1.14 bits per heavy atom. The van der Waals surface area contributed by atoms with Gasteiger partial charge in [-0.2, -0.15) is 5.10 Å². The van der Waals surface area contributed by atoms with Gasteiger partial charge in [0.2, 0.25) is 0 Å². The quantitative estimate of drug-likeness (QED) is 0.783. The van der Waals surface area contributed by atoms with Crippen LogP contribution in [0, 0.1) is 0 Å². The predicted octanol–water partition coefficient (Wildman–Crippen LogP) is 2.46. The molecule has 3 aromatic rings. The molecule has 1 N–H and O–H groups in total. The Morgan fingerprint density at radius 3 is 2.95 bits per heavy atom. The largest absolute Gasteiger partial charge is 0.378 e. The van der Waals surface area contributed by atoms with E-state index in [4.69, 9.17) is 4.74 Å². The van der Waals surface area contributed by atoms with Gasteiger partial charge in [-0.25, -0.2) is 0 Å². The lowest BCUT2D eigenvalue weighted by atomic mass is 10.1. The zero-order valence-electron chi connectivity index (χ0n) is 11.6. The molecule has 5 heteroatoms. The molecule has 3 heterocycles. The summed E-state index contributed by atoms with van der Waals surface area (Å²) in [5, 5.41) is 8.15. The summed E-state index contributed by atoms with van der Waals surface area (Å²) in [5.41, 5.74) is 4.32. The number of ether oxygens (including phenoxy) is 1. The summed E-state index contributed by atoms with van der Waals surface area (Å²) in [6.45, 7) is 3.46. The molecule has 0 amide bonds. The molecule has 1 aromatic carbocycles. The number of nitrogens with zero attached hydrogens (tertiary/aromatic N) is 3. The molecule has 0 radical (unpaired) electrons. The molecule has 0 spiro atoms.